The normalized spacial score (nSPS) is 14.6. The zero-order valence-electron chi connectivity index (χ0n) is 16.9. The van der Waals surface area contributed by atoms with Gasteiger partial charge >= 0.3 is 0 Å². The number of benzene rings is 2. The predicted octanol–water partition coefficient (Wildman–Crippen LogP) is 2.32. The van der Waals surface area contributed by atoms with Gasteiger partial charge in [0.25, 0.3) is 5.91 Å². The summed E-state index contributed by atoms with van der Waals surface area (Å²) in [5.74, 6) is 1.04. The van der Waals surface area contributed by atoms with Gasteiger partial charge in [-0.25, -0.2) is 9.97 Å². The number of fused-ring (bicyclic) bond motifs is 1. The maximum absolute atomic E-state index is 12.6. The second-order valence-corrected chi connectivity index (χ2v) is 7.49. The average Bonchev–Trinajstić information content (AvgIpc) is 3.28. The minimum Gasteiger partial charge on any atom is -0.354 e. The monoisotopic (exact) mass is 414 g/mol. The molecule has 1 fully saturated rings. The number of hydrogen-bond donors (Lipinski definition) is 2. The molecule has 1 aliphatic rings. The maximum atomic E-state index is 12.6. The summed E-state index contributed by atoms with van der Waals surface area (Å²) in [6.07, 6.45) is 1.49. The minimum atomic E-state index is -0.248. The van der Waals surface area contributed by atoms with Gasteiger partial charge in [0.15, 0.2) is 0 Å². The molecule has 156 valence electrons. The van der Waals surface area contributed by atoms with Gasteiger partial charge in [-0.15, -0.1) is 0 Å². The third-order valence-electron chi connectivity index (χ3n) is 5.42. The van der Waals surface area contributed by atoms with E-state index in [1.54, 1.807) is 18.2 Å². The van der Waals surface area contributed by atoms with Crippen molar-refractivity contribution in [2.24, 2.45) is 0 Å². The van der Waals surface area contributed by atoms with Crippen LogP contribution < -0.4 is 10.2 Å². The predicted molar refractivity (Wildman–Crippen MR) is 118 cm³/mol. The van der Waals surface area contributed by atoms with Gasteiger partial charge in [-0.2, -0.15) is 15.4 Å². The van der Waals surface area contributed by atoms with Crippen LogP contribution in [0.3, 0.4) is 0 Å². The standard InChI is InChI=1S/C22H22N8O/c31-22(17-6-7-18-19(12-17)27-28-26-18)25-20-13-21(24-15-23-20)30-10-8-29(9-11-30)14-16-4-2-1-3-5-16/h1-7,12-13,15H,8-11,14H2,(H,26,27,28)(H,23,24,25,31). The summed E-state index contributed by atoms with van der Waals surface area (Å²) in [6, 6.07) is 17.5. The van der Waals surface area contributed by atoms with E-state index in [1.807, 2.05) is 12.1 Å². The lowest BCUT2D eigenvalue weighted by molar-refractivity contribution is 0.102. The summed E-state index contributed by atoms with van der Waals surface area (Å²) in [5, 5.41) is 13.4. The van der Waals surface area contributed by atoms with E-state index in [0.29, 0.717) is 22.4 Å². The van der Waals surface area contributed by atoms with Crippen molar-refractivity contribution < 1.29 is 4.79 Å². The summed E-state index contributed by atoms with van der Waals surface area (Å²) >= 11 is 0. The molecule has 31 heavy (non-hydrogen) atoms. The van der Waals surface area contributed by atoms with Gasteiger partial charge < -0.3 is 10.2 Å². The van der Waals surface area contributed by atoms with E-state index in [1.165, 1.54) is 11.9 Å². The zero-order chi connectivity index (χ0) is 21.0. The molecule has 1 aliphatic heterocycles. The molecule has 9 heteroatoms. The van der Waals surface area contributed by atoms with E-state index in [0.717, 1.165) is 38.5 Å². The zero-order valence-corrected chi connectivity index (χ0v) is 16.9. The molecule has 0 saturated carbocycles. The van der Waals surface area contributed by atoms with Gasteiger partial charge in [-0.1, -0.05) is 30.3 Å². The number of anilines is 2. The molecule has 3 heterocycles. The van der Waals surface area contributed by atoms with Crippen LogP contribution in [0.4, 0.5) is 11.6 Å². The third kappa shape index (κ3) is 4.36. The first kappa shape index (κ1) is 19.1. The van der Waals surface area contributed by atoms with Crippen LogP contribution in [0.2, 0.25) is 0 Å². The highest BCUT2D eigenvalue weighted by atomic mass is 16.1. The van der Waals surface area contributed by atoms with E-state index in [9.17, 15) is 4.79 Å². The average molecular weight is 414 g/mol. The van der Waals surface area contributed by atoms with Crippen LogP contribution in [-0.2, 0) is 6.54 Å². The molecular formula is C22H22N8O. The number of rotatable bonds is 5. The van der Waals surface area contributed by atoms with Crippen LogP contribution in [0.1, 0.15) is 15.9 Å². The van der Waals surface area contributed by atoms with E-state index in [4.69, 9.17) is 0 Å². The van der Waals surface area contributed by atoms with Gasteiger partial charge in [-0.05, 0) is 23.8 Å². The molecule has 4 aromatic rings. The van der Waals surface area contributed by atoms with Crippen LogP contribution in [0.15, 0.2) is 60.9 Å². The summed E-state index contributed by atoms with van der Waals surface area (Å²) < 4.78 is 0. The number of carbonyl (C=O) groups is 1. The topological polar surface area (TPSA) is 103 Å². The molecule has 0 atom stereocenters. The van der Waals surface area contributed by atoms with E-state index in [-0.39, 0.29) is 5.91 Å². The Bertz CT molecular complexity index is 1180. The highest BCUT2D eigenvalue weighted by Crippen LogP contribution is 2.18. The molecule has 0 aliphatic carbocycles. The van der Waals surface area contributed by atoms with Gasteiger partial charge in [0, 0.05) is 44.4 Å². The SMILES string of the molecule is O=C(Nc1cc(N2CCN(Cc3ccccc3)CC2)ncn1)c1ccc2n[nH]nc2c1. The van der Waals surface area contributed by atoms with E-state index in [2.05, 4.69) is 64.8 Å². The fourth-order valence-corrected chi connectivity index (χ4v) is 3.74. The molecule has 0 unspecified atom stereocenters. The Morgan fingerprint density at radius 2 is 1.74 bits per heavy atom. The number of nitrogens with zero attached hydrogens (tertiary/aromatic N) is 6. The maximum Gasteiger partial charge on any atom is 0.256 e. The van der Waals surface area contributed by atoms with Crippen LogP contribution in [0.25, 0.3) is 11.0 Å². The summed E-state index contributed by atoms with van der Waals surface area (Å²) in [7, 11) is 0. The number of nitrogens with one attached hydrogen (secondary N) is 2. The Balaban J connectivity index is 1.21. The first-order valence-corrected chi connectivity index (χ1v) is 10.2. The number of aromatic nitrogens is 5. The Labute approximate surface area is 179 Å². The van der Waals surface area contributed by atoms with Gasteiger partial charge in [0.2, 0.25) is 0 Å². The first-order chi connectivity index (χ1) is 15.2. The molecule has 0 radical (unpaired) electrons. The number of aromatic amines is 1. The number of piperazine rings is 1. The van der Waals surface area contributed by atoms with Crippen molar-refractivity contribution in [2.45, 2.75) is 6.54 Å². The van der Waals surface area contributed by atoms with Crippen molar-refractivity contribution in [1.82, 2.24) is 30.3 Å². The fourth-order valence-electron chi connectivity index (χ4n) is 3.74. The van der Waals surface area contributed by atoms with Crippen molar-refractivity contribution in [2.75, 3.05) is 36.4 Å². The summed E-state index contributed by atoms with van der Waals surface area (Å²) in [6.45, 7) is 4.62. The van der Waals surface area contributed by atoms with Gasteiger partial charge in [0.1, 0.15) is 29.0 Å². The minimum absolute atomic E-state index is 0.248. The second kappa shape index (κ2) is 8.49. The molecule has 2 N–H and O–H groups in total. The van der Waals surface area contributed by atoms with Crippen LogP contribution in [-0.4, -0.2) is 62.4 Å². The molecular weight excluding hydrogens is 392 g/mol. The lowest BCUT2D eigenvalue weighted by Crippen LogP contribution is -2.46. The number of carbonyl (C=O) groups excluding carboxylic acids is 1. The second-order valence-electron chi connectivity index (χ2n) is 7.49. The van der Waals surface area contributed by atoms with Crippen LogP contribution in [0, 0.1) is 0 Å². The number of H-pyrrole nitrogens is 1. The van der Waals surface area contributed by atoms with Crippen molar-refractivity contribution in [3.8, 4) is 0 Å². The summed E-state index contributed by atoms with van der Waals surface area (Å²) in [5.41, 5.74) is 3.18. The van der Waals surface area contributed by atoms with Crippen LogP contribution >= 0.6 is 0 Å². The molecule has 2 aromatic heterocycles. The molecule has 2 aromatic carbocycles. The molecule has 0 bridgehead atoms. The lowest BCUT2D eigenvalue weighted by Gasteiger charge is -2.35. The molecule has 0 spiro atoms. The smallest absolute Gasteiger partial charge is 0.256 e. The molecule has 9 nitrogen and oxygen atoms in total. The van der Waals surface area contributed by atoms with Crippen molar-refractivity contribution >= 4 is 28.6 Å². The van der Waals surface area contributed by atoms with E-state index >= 15 is 0 Å². The third-order valence-corrected chi connectivity index (χ3v) is 5.42. The first-order valence-electron chi connectivity index (χ1n) is 10.2. The van der Waals surface area contributed by atoms with Gasteiger partial charge in [0.05, 0.1) is 0 Å². The quantitative estimate of drug-likeness (QED) is 0.517. The Morgan fingerprint density at radius 3 is 2.58 bits per heavy atom. The Kier molecular flexibility index (Phi) is 5.24. The van der Waals surface area contributed by atoms with Crippen molar-refractivity contribution in [1.29, 1.82) is 0 Å². The Morgan fingerprint density at radius 1 is 0.935 bits per heavy atom. The molecule has 1 amide bonds. The number of amides is 1. The van der Waals surface area contributed by atoms with Crippen molar-refractivity contribution in [3.63, 3.8) is 0 Å². The largest absolute Gasteiger partial charge is 0.354 e. The summed E-state index contributed by atoms with van der Waals surface area (Å²) in [4.78, 5) is 25.9. The van der Waals surface area contributed by atoms with E-state index < -0.39 is 0 Å². The van der Waals surface area contributed by atoms with Crippen molar-refractivity contribution in [3.05, 3.63) is 72.1 Å². The highest BCUT2D eigenvalue weighted by molar-refractivity contribution is 6.05. The highest BCUT2D eigenvalue weighted by Gasteiger charge is 2.19. The molecule has 5 rings (SSSR count). The lowest BCUT2D eigenvalue weighted by atomic mass is 10.2. The fraction of sp³-hybridized carbons (Fsp3) is 0.227. The van der Waals surface area contributed by atoms with Crippen LogP contribution in [0.5, 0.6) is 0 Å². The number of hydrogen-bond acceptors (Lipinski definition) is 7. The Hall–Kier alpha value is -3.85. The van der Waals surface area contributed by atoms with Gasteiger partial charge in [-0.3, -0.25) is 9.69 Å². The molecule has 1 saturated heterocycles.